The molecule has 2 N–H and O–H groups in total. The Morgan fingerprint density at radius 1 is 1.39 bits per heavy atom. The molecule has 3 nitrogen and oxygen atoms in total. The fourth-order valence-corrected chi connectivity index (χ4v) is 2.27. The Labute approximate surface area is 106 Å². The number of aliphatic hydroxyl groups excluding tert-OH is 1. The maximum absolute atomic E-state index is 13.4. The molecule has 1 fully saturated rings. The van der Waals surface area contributed by atoms with Gasteiger partial charge in [-0.15, -0.1) is 0 Å². The summed E-state index contributed by atoms with van der Waals surface area (Å²) < 4.78 is 13.4. The van der Waals surface area contributed by atoms with E-state index < -0.39 is 6.10 Å². The number of hydrogen-bond donors (Lipinski definition) is 2. The van der Waals surface area contributed by atoms with Crippen LogP contribution in [0.5, 0.6) is 0 Å². The average molecular weight is 251 g/mol. The Balaban J connectivity index is 2.04. The Morgan fingerprint density at radius 3 is 2.78 bits per heavy atom. The van der Waals surface area contributed by atoms with Crippen molar-refractivity contribution in [2.45, 2.75) is 44.8 Å². The lowest BCUT2D eigenvalue weighted by molar-refractivity contribution is 0.0717. The highest BCUT2D eigenvalue weighted by atomic mass is 19.1. The molecule has 1 amide bonds. The molecule has 4 heteroatoms. The summed E-state index contributed by atoms with van der Waals surface area (Å²) in [6, 6.07) is 4.21. The molecular formula is C14H18FNO2. The van der Waals surface area contributed by atoms with E-state index in [4.69, 9.17) is 0 Å². The summed E-state index contributed by atoms with van der Waals surface area (Å²) in [6.45, 7) is 1.65. The standard InChI is InChI=1S/C14H18FNO2/c1-9-6-7-10(8-11(9)15)14(18)16-12-4-2-3-5-13(12)17/h6-8,12-13,17H,2-5H2,1H3,(H,16,18)/t12-,13-/m0/s1. The first-order valence-corrected chi connectivity index (χ1v) is 6.33. The van der Waals surface area contributed by atoms with Gasteiger partial charge in [0.2, 0.25) is 0 Å². The van der Waals surface area contributed by atoms with Crippen LogP contribution in [0.1, 0.15) is 41.6 Å². The van der Waals surface area contributed by atoms with Crippen LogP contribution >= 0.6 is 0 Å². The third-order valence-corrected chi connectivity index (χ3v) is 3.48. The van der Waals surface area contributed by atoms with Gasteiger partial charge in [-0.25, -0.2) is 4.39 Å². The quantitative estimate of drug-likeness (QED) is 0.846. The van der Waals surface area contributed by atoms with Gasteiger partial charge in [0, 0.05) is 5.56 Å². The van der Waals surface area contributed by atoms with Crippen LogP contribution in [0.15, 0.2) is 18.2 Å². The van der Waals surface area contributed by atoms with Gasteiger partial charge in [-0.05, 0) is 37.5 Å². The first kappa shape index (κ1) is 13.0. The van der Waals surface area contributed by atoms with Gasteiger partial charge < -0.3 is 10.4 Å². The minimum Gasteiger partial charge on any atom is -0.391 e. The summed E-state index contributed by atoms with van der Waals surface area (Å²) >= 11 is 0. The number of carbonyl (C=O) groups is 1. The predicted molar refractivity (Wildman–Crippen MR) is 66.9 cm³/mol. The molecule has 0 aliphatic heterocycles. The van der Waals surface area contributed by atoms with E-state index in [1.165, 1.54) is 6.07 Å². The molecule has 2 rings (SSSR count). The van der Waals surface area contributed by atoms with E-state index in [0.717, 1.165) is 19.3 Å². The van der Waals surface area contributed by atoms with Gasteiger partial charge in [0.1, 0.15) is 5.82 Å². The van der Waals surface area contributed by atoms with Crippen molar-refractivity contribution in [1.82, 2.24) is 5.32 Å². The zero-order valence-corrected chi connectivity index (χ0v) is 10.4. The lowest BCUT2D eigenvalue weighted by atomic mass is 9.92. The number of hydrogen-bond acceptors (Lipinski definition) is 2. The van der Waals surface area contributed by atoms with Crippen LogP contribution < -0.4 is 5.32 Å². The van der Waals surface area contributed by atoms with Gasteiger partial charge in [-0.1, -0.05) is 18.9 Å². The summed E-state index contributed by atoms with van der Waals surface area (Å²) in [5.41, 5.74) is 0.820. The molecule has 0 spiro atoms. The smallest absolute Gasteiger partial charge is 0.251 e. The summed E-state index contributed by atoms with van der Waals surface area (Å²) in [5.74, 6) is -0.702. The fraction of sp³-hybridized carbons (Fsp3) is 0.500. The van der Waals surface area contributed by atoms with Crippen LogP contribution in [0.4, 0.5) is 4.39 Å². The van der Waals surface area contributed by atoms with Gasteiger partial charge >= 0.3 is 0 Å². The van der Waals surface area contributed by atoms with Crippen molar-refractivity contribution in [3.63, 3.8) is 0 Å². The molecule has 0 radical (unpaired) electrons. The lowest BCUT2D eigenvalue weighted by Crippen LogP contribution is -2.45. The molecule has 1 aromatic rings. The van der Waals surface area contributed by atoms with Crippen molar-refractivity contribution in [2.75, 3.05) is 0 Å². The first-order valence-electron chi connectivity index (χ1n) is 6.33. The number of aliphatic hydroxyl groups is 1. The van der Waals surface area contributed by atoms with E-state index >= 15 is 0 Å². The zero-order valence-electron chi connectivity index (χ0n) is 10.4. The van der Waals surface area contributed by atoms with Gasteiger partial charge in [0.05, 0.1) is 12.1 Å². The van der Waals surface area contributed by atoms with Crippen LogP contribution in [0.2, 0.25) is 0 Å². The number of rotatable bonds is 2. The first-order chi connectivity index (χ1) is 8.58. The van der Waals surface area contributed by atoms with Crippen molar-refractivity contribution >= 4 is 5.91 Å². The molecule has 1 aliphatic carbocycles. The Kier molecular flexibility index (Phi) is 3.97. The summed E-state index contributed by atoms with van der Waals surface area (Å²) in [6.07, 6.45) is 3.00. The zero-order chi connectivity index (χ0) is 13.1. The molecule has 2 atom stereocenters. The molecule has 0 bridgehead atoms. The lowest BCUT2D eigenvalue weighted by Gasteiger charge is -2.28. The summed E-state index contributed by atoms with van der Waals surface area (Å²) in [7, 11) is 0. The summed E-state index contributed by atoms with van der Waals surface area (Å²) in [4.78, 5) is 11.9. The van der Waals surface area contributed by atoms with Gasteiger partial charge in [0.15, 0.2) is 0 Å². The van der Waals surface area contributed by atoms with E-state index in [1.54, 1.807) is 19.1 Å². The van der Waals surface area contributed by atoms with Crippen molar-refractivity contribution in [3.05, 3.63) is 35.1 Å². The van der Waals surface area contributed by atoms with Crippen molar-refractivity contribution in [2.24, 2.45) is 0 Å². The second-order valence-electron chi connectivity index (χ2n) is 4.90. The third-order valence-electron chi connectivity index (χ3n) is 3.48. The Morgan fingerprint density at radius 2 is 2.11 bits per heavy atom. The molecule has 0 saturated heterocycles. The highest BCUT2D eigenvalue weighted by Crippen LogP contribution is 2.19. The molecule has 18 heavy (non-hydrogen) atoms. The van der Waals surface area contributed by atoms with Gasteiger partial charge in [-0.2, -0.15) is 0 Å². The van der Waals surface area contributed by atoms with Crippen LogP contribution in [0, 0.1) is 12.7 Å². The van der Waals surface area contributed by atoms with Gasteiger partial charge in [0.25, 0.3) is 5.91 Å². The van der Waals surface area contributed by atoms with E-state index in [0.29, 0.717) is 17.5 Å². The second kappa shape index (κ2) is 5.48. The van der Waals surface area contributed by atoms with E-state index in [9.17, 15) is 14.3 Å². The SMILES string of the molecule is Cc1ccc(C(=O)N[C@H]2CCCC[C@@H]2O)cc1F. The number of benzene rings is 1. The van der Waals surface area contributed by atoms with Crippen molar-refractivity contribution in [1.29, 1.82) is 0 Å². The molecule has 1 aliphatic rings. The number of aryl methyl sites for hydroxylation is 1. The largest absolute Gasteiger partial charge is 0.391 e. The number of amides is 1. The molecular weight excluding hydrogens is 233 g/mol. The highest BCUT2D eigenvalue weighted by molar-refractivity contribution is 5.94. The van der Waals surface area contributed by atoms with Crippen molar-refractivity contribution in [3.8, 4) is 0 Å². The Bertz CT molecular complexity index is 447. The molecule has 0 aromatic heterocycles. The van der Waals surface area contributed by atoms with Crippen LogP contribution in [0.25, 0.3) is 0 Å². The van der Waals surface area contributed by atoms with Crippen molar-refractivity contribution < 1.29 is 14.3 Å². The summed E-state index contributed by atoms with van der Waals surface area (Å²) in [5, 5.41) is 12.6. The number of carbonyl (C=O) groups excluding carboxylic acids is 1. The van der Waals surface area contributed by atoms with E-state index in [2.05, 4.69) is 5.32 Å². The van der Waals surface area contributed by atoms with Crippen LogP contribution in [-0.4, -0.2) is 23.2 Å². The second-order valence-corrected chi connectivity index (χ2v) is 4.90. The van der Waals surface area contributed by atoms with E-state index in [1.807, 2.05) is 0 Å². The third kappa shape index (κ3) is 2.88. The molecule has 1 saturated carbocycles. The van der Waals surface area contributed by atoms with Crippen LogP contribution in [-0.2, 0) is 0 Å². The Hall–Kier alpha value is -1.42. The number of halogens is 1. The van der Waals surface area contributed by atoms with Crippen LogP contribution in [0.3, 0.4) is 0 Å². The molecule has 0 heterocycles. The normalized spacial score (nSPS) is 23.7. The average Bonchev–Trinajstić information content (AvgIpc) is 2.35. The number of nitrogens with one attached hydrogen (secondary N) is 1. The monoisotopic (exact) mass is 251 g/mol. The predicted octanol–water partition coefficient (Wildman–Crippen LogP) is 2.17. The minimum atomic E-state index is -0.488. The van der Waals surface area contributed by atoms with Gasteiger partial charge in [-0.3, -0.25) is 4.79 Å². The maximum atomic E-state index is 13.4. The topological polar surface area (TPSA) is 49.3 Å². The molecule has 98 valence electrons. The minimum absolute atomic E-state index is 0.212. The molecule has 1 aromatic carbocycles. The maximum Gasteiger partial charge on any atom is 0.251 e. The highest BCUT2D eigenvalue weighted by Gasteiger charge is 2.24. The fourth-order valence-electron chi connectivity index (χ4n) is 2.27. The molecule has 0 unspecified atom stereocenters. The van der Waals surface area contributed by atoms with E-state index in [-0.39, 0.29) is 17.8 Å².